The van der Waals surface area contributed by atoms with Gasteiger partial charge in [0.2, 0.25) is 0 Å². The average Bonchev–Trinajstić information content (AvgIpc) is 2.03. The molecule has 11 heavy (non-hydrogen) atoms. The standard InChI is InChI=1S/C7H8N2O2/c10-5-1-4-9-6-8-3-2-7(9)11/h2-3,5-6H,1,4H2. The second-order valence-electron chi connectivity index (χ2n) is 2.07. The fourth-order valence-corrected chi connectivity index (χ4v) is 0.738. The van der Waals surface area contributed by atoms with E-state index >= 15 is 0 Å². The van der Waals surface area contributed by atoms with Crippen molar-refractivity contribution in [3.05, 3.63) is 28.9 Å². The third-order valence-electron chi connectivity index (χ3n) is 1.28. The van der Waals surface area contributed by atoms with Gasteiger partial charge in [0.05, 0.1) is 6.33 Å². The molecule has 0 aromatic carbocycles. The van der Waals surface area contributed by atoms with Crippen LogP contribution in [0.4, 0.5) is 0 Å². The number of hydrogen-bond acceptors (Lipinski definition) is 3. The van der Waals surface area contributed by atoms with E-state index in [9.17, 15) is 9.59 Å². The molecule has 0 saturated heterocycles. The van der Waals surface area contributed by atoms with E-state index in [1.54, 1.807) is 0 Å². The molecule has 0 bridgehead atoms. The van der Waals surface area contributed by atoms with Crippen LogP contribution >= 0.6 is 0 Å². The maximum absolute atomic E-state index is 10.9. The van der Waals surface area contributed by atoms with Gasteiger partial charge in [-0.15, -0.1) is 0 Å². The Morgan fingerprint density at radius 2 is 2.45 bits per heavy atom. The zero-order chi connectivity index (χ0) is 8.10. The van der Waals surface area contributed by atoms with E-state index < -0.39 is 0 Å². The van der Waals surface area contributed by atoms with Gasteiger partial charge >= 0.3 is 0 Å². The molecule has 0 fully saturated rings. The van der Waals surface area contributed by atoms with Gasteiger partial charge in [0.25, 0.3) is 5.56 Å². The first-order chi connectivity index (χ1) is 5.34. The van der Waals surface area contributed by atoms with E-state index in [0.717, 1.165) is 6.29 Å². The Labute approximate surface area is 63.5 Å². The maximum Gasteiger partial charge on any atom is 0.253 e. The molecule has 58 valence electrons. The number of hydrogen-bond donors (Lipinski definition) is 0. The van der Waals surface area contributed by atoms with E-state index in [1.165, 1.54) is 23.2 Å². The Kier molecular flexibility index (Phi) is 2.54. The molecule has 4 nitrogen and oxygen atoms in total. The maximum atomic E-state index is 10.9. The lowest BCUT2D eigenvalue weighted by atomic mass is 10.4. The minimum Gasteiger partial charge on any atom is -0.303 e. The van der Waals surface area contributed by atoms with Crippen LogP contribution in [0.2, 0.25) is 0 Å². The van der Waals surface area contributed by atoms with Crippen LogP contribution in [0.15, 0.2) is 23.4 Å². The van der Waals surface area contributed by atoms with Crippen molar-refractivity contribution < 1.29 is 4.79 Å². The van der Waals surface area contributed by atoms with Crippen molar-refractivity contribution in [2.75, 3.05) is 0 Å². The molecular formula is C7H8N2O2. The second-order valence-corrected chi connectivity index (χ2v) is 2.07. The van der Waals surface area contributed by atoms with Crippen LogP contribution in [0.1, 0.15) is 6.42 Å². The van der Waals surface area contributed by atoms with Gasteiger partial charge in [-0.05, 0) is 0 Å². The zero-order valence-corrected chi connectivity index (χ0v) is 5.93. The van der Waals surface area contributed by atoms with Crippen molar-refractivity contribution in [2.45, 2.75) is 13.0 Å². The molecule has 0 aliphatic heterocycles. The third-order valence-corrected chi connectivity index (χ3v) is 1.28. The quantitative estimate of drug-likeness (QED) is 0.565. The normalized spacial score (nSPS) is 9.45. The largest absolute Gasteiger partial charge is 0.303 e. The lowest BCUT2D eigenvalue weighted by Gasteiger charge is -1.98. The molecule has 0 atom stereocenters. The summed E-state index contributed by atoms with van der Waals surface area (Å²) in [6.07, 6.45) is 3.98. The molecule has 0 amide bonds. The van der Waals surface area contributed by atoms with Crippen molar-refractivity contribution in [1.82, 2.24) is 9.55 Å². The van der Waals surface area contributed by atoms with Crippen LogP contribution in [0.25, 0.3) is 0 Å². The van der Waals surface area contributed by atoms with Crippen molar-refractivity contribution in [1.29, 1.82) is 0 Å². The Hall–Kier alpha value is -1.45. The molecule has 0 radical (unpaired) electrons. The van der Waals surface area contributed by atoms with E-state index in [1.807, 2.05) is 0 Å². The Morgan fingerprint density at radius 1 is 1.64 bits per heavy atom. The summed E-state index contributed by atoms with van der Waals surface area (Å²) in [7, 11) is 0. The highest BCUT2D eigenvalue weighted by Crippen LogP contribution is 1.80. The van der Waals surface area contributed by atoms with Gasteiger partial charge in [-0.25, -0.2) is 4.98 Å². The monoisotopic (exact) mass is 152 g/mol. The van der Waals surface area contributed by atoms with Gasteiger partial charge in [-0.1, -0.05) is 0 Å². The molecule has 0 aliphatic carbocycles. The molecular weight excluding hydrogens is 144 g/mol. The van der Waals surface area contributed by atoms with Gasteiger partial charge < -0.3 is 4.79 Å². The molecule has 1 aromatic rings. The minimum atomic E-state index is -0.123. The molecule has 0 spiro atoms. The summed E-state index contributed by atoms with van der Waals surface area (Å²) in [5.74, 6) is 0. The van der Waals surface area contributed by atoms with Crippen molar-refractivity contribution in [3.8, 4) is 0 Å². The third kappa shape index (κ3) is 2.00. The SMILES string of the molecule is O=CCCn1cnccc1=O. The van der Waals surface area contributed by atoms with Gasteiger partial charge in [0, 0.05) is 25.2 Å². The van der Waals surface area contributed by atoms with E-state index in [-0.39, 0.29) is 5.56 Å². The molecule has 0 N–H and O–H groups in total. The van der Waals surface area contributed by atoms with Crippen molar-refractivity contribution >= 4 is 6.29 Å². The van der Waals surface area contributed by atoms with Crippen LogP contribution in [-0.4, -0.2) is 15.8 Å². The van der Waals surface area contributed by atoms with Gasteiger partial charge in [0.1, 0.15) is 6.29 Å². The van der Waals surface area contributed by atoms with Crippen LogP contribution in [-0.2, 0) is 11.3 Å². The Morgan fingerprint density at radius 3 is 3.09 bits per heavy atom. The number of carbonyl (C=O) groups excluding carboxylic acids is 1. The Balaban J connectivity index is 2.78. The molecule has 0 unspecified atom stereocenters. The summed E-state index contributed by atoms with van der Waals surface area (Å²) in [6.45, 7) is 0.413. The predicted molar refractivity (Wildman–Crippen MR) is 39.2 cm³/mol. The van der Waals surface area contributed by atoms with Gasteiger partial charge in [0.15, 0.2) is 0 Å². The highest BCUT2D eigenvalue weighted by Gasteiger charge is 1.91. The molecule has 1 aromatic heterocycles. The summed E-state index contributed by atoms with van der Waals surface area (Å²) >= 11 is 0. The Bertz CT molecular complexity index is 292. The molecule has 0 aliphatic rings. The lowest BCUT2D eigenvalue weighted by Crippen LogP contribution is -2.18. The second kappa shape index (κ2) is 3.65. The fourth-order valence-electron chi connectivity index (χ4n) is 0.738. The van der Waals surface area contributed by atoms with Gasteiger partial charge in [-0.2, -0.15) is 0 Å². The lowest BCUT2D eigenvalue weighted by molar-refractivity contribution is -0.108. The summed E-state index contributed by atoms with van der Waals surface area (Å²) in [5.41, 5.74) is -0.123. The number of aldehydes is 1. The topological polar surface area (TPSA) is 52.0 Å². The van der Waals surface area contributed by atoms with Crippen LogP contribution in [0, 0.1) is 0 Å². The van der Waals surface area contributed by atoms with E-state index in [2.05, 4.69) is 4.98 Å². The van der Waals surface area contributed by atoms with Crippen molar-refractivity contribution in [3.63, 3.8) is 0 Å². The zero-order valence-electron chi connectivity index (χ0n) is 5.93. The first kappa shape index (κ1) is 7.65. The number of aromatic nitrogens is 2. The number of carbonyl (C=O) groups is 1. The van der Waals surface area contributed by atoms with Crippen LogP contribution < -0.4 is 5.56 Å². The van der Waals surface area contributed by atoms with E-state index in [4.69, 9.17) is 0 Å². The van der Waals surface area contributed by atoms with Crippen molar-refractivity contribution in [2.24, 2.45) is 0 Å². The predicted octanol–water partition coefficient (Wildman–Crippen LogP) is -0.168. The number of rotatable bonds is 3. The first-order valence-electron chi connectivity index (χ1n) is 3.28. The molecule has 1 heterocycles. The van der Waals surface area contributed by atoms with Crippen LogP contribution in [0.3, 0.4) is 0 Å². The fraction of sp³-hybridized carbons (Fsp3) is 0.286. The first-order valence-corrected chi connectivity index (χ1v) is 3.28. The highest BCUT2D eigenvalue weighted by atomic mass is 16.1. The number of nitrogens with zero attached hydrogens (tertiary/aromatic N) is 2. The average molecular weight is 152 g/mol. The van der Waals surface area contributed by atoms with Crippen LogP contribution in [0.5, 0.6) is 0 Å². The smallest absolute Gasteiger partial charge is 0.253 e. The molecule has 4 heteroatoms. The summed E-state index contributed by atoms with van der Waals surface area (Å²) in [6, 6.07) is 1.37. The summed E-state index contributed by atoms with van der Waals surface area (Å²) < 4.78 is 1.40. The minimum absolute atomic E-state index is 0.123. The highest BCUT2D eigenvalue weighted by molar-refractivity contribution is 5.48. The van der Waals surface area contributed by atoms with Gasteiger partial charge in [-0.3, -0.25) is 9.36 Å². The number of aryl methyl sites for hydroxylation is 1. The molecule has 0 saturated carbocycles. The van der Waals surface area contributed by atoms with E-state index in [0.29, 0.717) is 13.0 Å². The molecule has 1 rings (SSSR count). The summed E-state index contributed by atoms with van der Waals surface area (Å²) in [5, 5.41) is 0. The summed E-state index contributed by atoms with van der Waals surface area (Å²) in [4.78, 5) is 24.6.